The summed E-state index contributed by atoms with van der Waals surface area (Å²) in [5.74, 6) is -5.39. The van der Waals surface area contributed by atoms with Crippen LogP contribution in [0.5, 0.6) is 0 Å². The van der Waals surface area contributed by atoms with E-state index in [-0.39, 0.29) is 32.8 Å². The molecule has 0 aromatic carbocycles. The summed E-state index contributed by atoms with van der Waals surface area (Å²) in [5.41, 5.74) is -1.59. The molecule has 1 aliphatic heterocycles. The molecule has 12 nitrogen and oxygen atoms in total. The van der Waals surface area contributed by atoms with E-state index in [1.165, 1.54) is 0 Å². The summed E-state index contributed by atoms with van der Waals surface area (Å²) in [6.45, 7) is -2.82. The molecule has 0 radical (unpaired) electrons. The van der Waals surface area contributed by atoms with Gasteiger partial charge in [0.25, 0.3) is 0 Å². The molecule has 1 fully saturated rings. The molecule has 0 unspecified atom stereocenters. The van der Waals surface area contributed by atoms with Crippen molar-refractivity contribution in [2.24, 2.45) is 0 Å². The number of carbonyl (C=O) groups is 4. The highest BCUT2D eigenvalue weighted by atomic mass is 16.5. The van der Waals surface area contributed by atoms with Crippen molar-refractivity contribution in [2.75, 3.05) is 52.6 Å². The number of nitrogens with zero attached hydrogens (tertiary/aromatic N) is 2. The number of rotatable bonds is 10. The molecule has 0 aliphatic carbocycles. The van der Waals surface area contributed by atoms with Crippen molar-refractivity contribution in [3.8, 4) is 0 Å². The number of ether oxygens (including phenoxy) is 2. The van der Waals surface area contributed by atoms with Gasteiger partial charge in [0.15, 0.2) is 0 Å². The summed E-state index contributed by atoms with van der Waals surface area (Å²) in [4.78, 5) is 47.0. The topological polar surface area (TPSA) is 174 Å². The van der Waals surface area contributed by atoms with Gasteiger partial charge in [-0.15, -0.1) is 0 Å². The minimum Gasteiger partial charge on any atom is -0.480 e. The van der Waals surface area contributed by atoms with Gasteiger partial charge in [-0.3, -0.25) is 29.0 Å². The number of carboxylic acid groups (broad SMARTS) is 4. The molecule has 0 saturated carbocycles. The van der Waals surface area contributed by atoms with Gasteiger partial charge in [-0.1, -0.05) is 0 Å². The molecule has 1 heterocycles. The van der Waals surface area contributed by atoms with Crippen molar-refractivity contribution in [3.63, 3.8) is 0 Å². The Morgan fingerprint density at radius 2 is 1.08 bits per heavy atom. The molecule has 0 amide bonds. The first-order chi connectivity index (χ1) is 12.2. The van der Waals surface area contributed by atoms with Crippen LogP contribution in [-0.4, -0.2) is 112 Å². The molecule has 0 aromatic rings. The molecule has 4 N–H and O–H groups in total. The molecule has 0 spiro atoms. The Balaban J connectivity index is 3.37. The summed E-state index contributed by atoms with van der Waals surface area (Å²) in [5, 5.41) is 36.6. The predicted octanol–water partition coefficient (Wildman–Crippen LogP) is -1.94. The van der Waals surface area contributed by atoms with Gasteiger partial charge in [0.05, 0.1) is 46.0 Å². The number of hydrogen-bond acceptors (Lipinski definition) is 8. The normalized spacial score (nSPS) is 17.5. The second-order valence-electron chi connectivity index (χ2n) is 5.68. The Bertz CT molecular complexity index is 460. The molecule has 26 heavy (non-hydrogen) atoms. The van der Waals surface area contributed by atoms with E-state index in [2.05, 4.69) is 0 Å². The highest BCUT2D eigenvalue weighted by molar-refractivity contribution is 5.74. The minimum atomic E-state index is -1.59. The number of hydrogen-bond donors (Lipinski definition) is 4. The Hall–Kier alpha value is -2.28. The summed E-state index contributed by atoms with van der Waals surface area (Å²) in [7, 11) is 0. The lowest BCUT2D eigenvalue weighted by molar-refractivity contribution is -0.175. The molecule has 0 atom stereocenters. The monoisotopic (exact) mass is 378 g/mol. The van der Waals surface area contributed by atoms with E-state index < -0.39 is 55.7 Å². The first-order valence-corrected chi connectivity index (χ1v) is 7.70. The van der Waals surface area contributed by atoms with Crippen LogP contribution in [0.15, 0.2) is 0 Å². The zero-order valence-electron chi connectivity index (χ0n) is 14.0. The molecule has 0 bridgehead atoms. The molecule has 1 rings (SSSR count). The van der Waals surface area contributed by atoms with Gasteiger partial charge in [-0.05, 0) is 0 Å². The molecular weight excluding hydrogens is 356 g/mol. The maximum atomic E-state index is 11.2. The van der Waals surface area contributed by atoms with E-state index in [1.807, 2.05) is 0 Å². The standard InChI is InChI=1S/C14H22N2O10/c17-10(18)5-15(6-11(19)20)14(1-2-25-3-4-26-9-14)16(7-12(21)22)8-13(23)24/h1-9H2,(H,17,18)(H,19,20)(H,21,22)(H,23,24). The summed E-state index contributed by atoms with van der Waals surface area (Å²) in [6.07, 6.45) is -0.0336. The third-order valence-electron chi connectivity index (χ3n) is 3.83. The largest absolute Gasteiger partial charge is 0.480 e. The van der Waals surface area contributed by atoms with Crippen molar-refractivity contribution in [1.82, 2.24) is 9.80 Å². The maximum absolute atomic E-state index is 11.2. The highest BCUT2D eigenvalue weighted by Crippen LogP contribution is 2.27. The van der Waals surface area contributed by atoms with Crippen LogP contribution in [0.1, 0.15) is 6.42 Å². The van der Waals surface area contributed by atoms with Crippen molar-refractivity contribution in [3.05, 3.63) is 0 Å². The van der Waals surface area contributed by atoms with E-state index >= 15 is 0 Å². The molecule has 12 heteroatoms. The molecule has 1 aliphatic rings. The average Bonchev–Trinajstić information content (AvgIpc) is 2.44. The average molecular weight is 378 g/mol. The zero-order valence-corrected chi connectivity index (χ0v) is 14.0. The van der Waals surface area contributed by atoms with Crippen molar-refractivity contribution >= 4 is 23.9 Å². The van der Waals surface area contributed by atoms with Crippen LogP contribution in [0.3, 0.4) is 0 Å². The lowest BCUT2D eigenvalue weighted by Crippen LogP contribution is -2.67. The smallest absolute Gasteiger partial charge is 0.317 e. The second-order valence-corrected chi connectivity index (χ2v) is 5.68. The molecular formula is C14H22N2O10. The van der Waals surface area contributed by atoms with Crippen LogP contribution < -0.4 is 0 Å². The van der Waals surface area contributed by atoms with Crippen LogP contribution >= 0.6 is 0 Å². The van der Waals surface area contributed by atoms with Crippen LogP contribution in [0.4, 0.5) is 0 Å². The van der Waals surface area contributed by atoms with Gasteiger partial charge in [0.2, 0.25) is 0 Å². The van der Waals surface area contributed by atoms with E-state index in [9.17, 15) is 19.2 Å². The lowest BCUT2D eigenvalue weighted by Gasteiger charge is -2.49. The van der Waals surface area contributed by atoms with Crippen molar-refractivity contribution in [1.29, 1.82) is 0 Å². The summed E-state index contributed by atoms with van der Waals surface area (Å²) >= 11 is 0. The van der Waals surface area contributed by atoms with Crippen molar-refractivity contribution < 1.29 is 49.1 Å². The maximum Gasteiger partial charge on any atom is 0.317 e. The second kappa shape index (κ2) is 10.0. The first kappa shape index (κ1) is 21.8. The van der Waals surface area contributed by atoms with Crippen LogP contribution in [0, 0.1) is 0 Å². The van der Waals surface area contributed by atoms with E-state index in [0.717, 1.165) is 9.80 Å². The van der Waals surface area contributed by atoms with E-state index in [0.29, 0.717) is 0 Å². The minimum absolute atomic E-state index is 0.0336. The number of carboxylic acids is 4. The van der Waals surface area contributed by atoms with E-state index in [1.54, 1.807) is 0 Å². The van der Waals surface area contributed by atoms with Crippen molar-refractivity contribution in [2.45, 2.75) is 12.1 Å². The molecule has 1 saturated heterocycles. The van der Waals surface area contributed by atoms with Gasteiger partial charge in [0.1, 0.15) is 5.66 Å². The predicted molar refractivity (Wildman–Crippen MR) is 82.7 cm³/mol. The quantitative estimate of drug-likeness (QED) is 0.310. The lowest BCUT2D eigenvalue weighted by atomic mass is 10.0. The Morgan fingerprint density at radius 3 is 1.46 bits per heavy atom. The molecule has 148 valence electrons. The van der Waals surface area contributed by atoms with Gasteiger partial charge < -0.3 is 29.9 Å². The highest BCUT2D eigenvalue weighted by Gasteiger charge is 2.46. The first-order valence-electron chi connectivity index (χ1n) is 7.70. The zero-order chi connectivity index (χ0) is 19.7. The van der Waals surface area contributed by atoms with Gasteiger partial charge in [-0.2, -0.15) is 0 Å². The fourth-order valence-electron chi connectivity index (χ4n) is 2.82. The molecule has 0 aromatic heterocycles. The summed E-state index contributed by atoms with van der Waals surface area (Å²) < 4.78 is 10.7. The fraction of sp³-hybridized carbons (Fsp3) is 0.714. The fourth-order valence-corrected chi connectivity index (χ4v) is 2.82. The Morgan fingerprint density at radius 1 is 0.692 bits per heavy atom. The third-order valence-corrected chi connectivity index (χ3v) is 3.83. The summed E-state index contributed by atoms with van der Waals surface area (Å²) in [6, 6.07) is 0. The van der Waals surface area contributed by atoms with Crippen LogP contribution in [0.25, 0.3) is 0 Å². The van der Waals surface area contributed by atoms with Crippen LogP contribution in [-0.2, 0) is 28.7 Å². The van der Waals surface area contributed by atoms with Gasteiger partial charge >= 0.3 is 23.9 Å². The van der Waals surface area contributed by atoms with Crippen LogP contribution in [0.2, 0.25) is 0 Å². The SMILES string of the molecule is O=C(O)CN(CC(=O)O)C1(N(CC(=O)O)CC(=O)O)CCOCCOC1. The Labute approximate surface area is 148 Å². The Kier molecular flexibility index (Phi) is 8.38. The van der Waals surface area contributed by atoms with Gasteiger partial charge in [0, 0.05) is 13.0 Å². The van der Waals surface area contributed by atoms with E-state index in [4.69, 9.17) is 29.9 Å². The number of aliphatic carboxylic acids is 4. The van der Waals surface area contributed by atoms with Gasteiger partial charge in [-0.25, -0.2) is 0 Å². The third kappa shape index (κ3) is 6.55.